The van der Waals surface area contributed by atoms with Crippen molar-refractivity contribution in [1.82, 2.24) is 0 Å². The summed E-state index contributed by atoms with van der Waals surface area (Å²) in [7, 11) is 0. The first-order valence-corrected chi connectivity index (χ1v) is 3.17. The fraction of sp³-hybridized carbons (Fsp3) is 0.714. The van der Waals surface area contributed by atoms with Gasteiger partial charge in [-0.25, -0.2) is 4.79 Å². The van der Waals surface area contributed by atoms with Crippen LogP contribution >= 0.6 is 0 Å². The van der Waals surface area contributed by atoms with E-state index in [-0.39, 0.29) is 0 Å². The molecule has 0 bridgehead atoms. The lowest BCUT2D eigenvalue weighted by atomic mass is 10.2. The largest absolute Gasteiger partial charge is 0.442 e. The molecule has 0 heterocycles. The summed E-state index contributed by atoms with van der Waals surface area (Å²) in [5.74, 6) is 0. The third-order valence-corrected chi connectivity index (χ3v) is 0.628. The van der Waals surface area contributed by atoms with Crippen LogP contribution in [0.25, 0.3) is 0 Å². The molecule has 0 aromatic rings. The minimum atomic E-state index is -0.532. The molecule has 0 N–H and O–H groups in total. The van der Waals surface area contributed by atoms with Crippen molar-refractivity contribution in [2.75, 3.05) is 0 Å². The predicted molar refractivity (Wildman–Crippen MR) is 40.4 cm³/mol. The van der Waals surface area contributed by atoms with Crippen molar-refractivity contribution >= 4 is 12.3 Å². The van der Waals surface area contributed by atoms with Gasteiger partial charge in [0.15, 0.2) is 0 Å². The summed E-state index contributed by atoms with van der Waals surface area (Å²) in [6.45, 7) is 7.08. The van der Waals surface area contributed by atoms with Crippen LogP contribution < -0.4 is 0 Å². The molecule has 0 unspecified atom stereocenters. The van der Waals surface area contributed by atoms with Gasteiger partial charge in [0.1, 0.15) is 5.60 Å². The minimum Gasteiger partial charge on any atom is -0.442 e. The Morgan fingerprint density at radius 2 is 2.00 bits per heavy atom. The summed E-state index contributed by atoms with van der Waals surface area (Å²) in [5.41, 5.74) is -0.441. The maximum Gasteiger partial charge on any atom is 0.433 e. The molecule has 0 saturated heterocycles. The molecule has 0 saturated carbocycles. The van der Waals surface area contributed by atoms with Gasteiger partial charge < -0.3 is 4.74 Å². The second-order valence-corrected chi connectivity index (χ2v) is 2.87. The third-order valence-electron chi connectivity index (χ3n) is 0.628. The van der Waals surface area contributed by atoms with E-state index in [9.17, 15) is 4.79 Å². The van der Waals surface area contributed by atoms with E-state index in [2.05, 4.69) is 4.99 Å². The van der Waals surface area contributed by atoms with E-state index in [0.29, 0.717) is 0 Å². The molecule has 0 aromatic heterocycles. The van der Waals surface area contributed by atoms with E-state index in [4.69, 9.17) is 4.74 Å². The molecule has 58 valence electrons. The Kier molecular flexibility index (Phi) is 3.06. The van der Waals surface area contributed by atoms with E-state index in [1.54, 1.807) is 27.7 Å². The molecule has 3 heteroatoms. The summed E-state index contributed by atoms with van der Waals surface area (Å²) in [6.07, 6.45) is 0.878. The monoisotopic (exact) mass is 143 g/mol. The SMILES string of the molecule is C/C=N/C(=O)OC(C)(C)C. The molecule has 0 fully saturated rings. The summed E-state index contributed by atoms with van der Waals surface area (Å²) in [4.78, 5) is 14.1. The molecule has 10 heavy (non-hydrogen) atoms. The number of rotatable bonds is 0. The van der Waals surface area contributed by atoms with Crippen LogP contribution in [0.2, 0.25) is 0 Å². The summed E-state index contributed by atoms with van der Waals surface area (Å²) in [6, 6.07) is 0. The average Bonchev–Trinajstić information content (AvgIpc) is 1.59. The first kappa shape index (κ1) is 9.14. The van der Waals surface area contributed by atoms with Crippen LogP contribution in [-0.2, 0) is 4.74 Å². The zero-order chi connectivity index (χ0) is 8.20. The number of hydrogen-bond donors (Lipinski definition) is 0. The smallest absolute Gasteiger partial charge is 0.433 e. The van der Waals surface area contributed by atoms with Crippen molar-refractivity contribution in [2.24, 2.45) is 4.99 Å². The van der Waals surface area contributed by atoms with Crippen LogP contribution in [0.3, 0.4) is 0 Å². The van der Waals surface area contributed by atoms with Crippen LogP contribution in [0, 0.1) is 0 Å². The summed E-state index contributed by atoms with van der Waals surface area (Å²) in [5, 5.41) is 0. The number of nitrogens with zero attached hydrogens (tertiary/aromatic N) is 1. The van der Waals surface area contributed by atoms with Gasteiger partial charge in [-0.3, -0.25) is 0 Å². The maximum absolute atomic E-state index is 10.6. The maximum atomic E-state index is 10.6. The third kappa shape index (κ3) is 5.28. The lowest BCUT2D eigenvalue weighted by Crippen LogP contribution is -2.21. The molecule has 0 rings (SSSR count). The molecule has 0 atom stereocenters. The van der Waals surface area contributed by atoms with Gasteiger partial charge in [0.05, 0.1) is 0 Å². The second-order valence-electron chi connectivity index (χ2n) is 2.87. The number of ether oxygens (including phenoxy) is 1. The first-order chi connectivity index (χ1) is 4.45. The Balaban J connectivity index is 3.81. The molecular formula is C7H13NO2. The van der Waals surface area contributed by atoms with E-state index < -0.39 is 11.7 Å². The molecule has 0 aliphatic heterocycles. The second kappa shape index (κ2) is 3.34. The lowest BCUT2D eigenvalue weighted by Gasteiger charge is -2.16. The highest BCUT2D eigenvalue weighted by atomic mass is 16.6. The van der Waals surface area contributed by atoms with Crippen molar-refractivity contribution in [3.05, 3.63) is 0 Å². The van der Waals surface area contributed by atoms with Gasteiger partial charge in [0, 0.05) is 6.21 Å². The zero-order valence-corrected chi connectivity index (χ0v) is 6.84. The number of amides is 1. The van der Waals surface area contributed by atoms with Crippen molar-refractivity contribution in [3.8, 4) is 0 Å². The lowest BCUT2D eigenvalue weighted by molar-refractivity contribution is 0.0605. The van der Waals surface area contributed by atoms with Crippen LogP contribution in [0.1, 0.15) is 27.7 Å². The van der Waals surface area contributed by atoms with Crippen molar-refractivity contribution < 1.29 is 9.53 Å². The van der Waals surface area contributed by atoms with E-state index in [1.807, 2.05) is 0 Å². The Labute approximate surface area is 61.1 Å². The number of carbonyl (C=O) groups excluding carboxylic acids is 1. The van der Waals surface area contributed by atoms with Gasteiger partial charge in [-0.2, -0.15) is 4.99 Å². The molecule has 0 aliphatic rings. The quantitative estimate of drug-likeness (QED) is 0.486. The van der Waals surface area contributed by atoms with Gasteiger partial charge in [-0.15, -0.1) is 0 Å². The Hall–Kier alpha value is -0.860. The van der Waals surface area contributed by atoms with E-state index in [0.717, 1.165) is 0 Å². The van der Waals surface area contributed by atoms with Crippen molar-refractivity contribution in [2.45, 2.75) is 33.3 Å². The predicted octanol–water partition coefficient (Wildman–Crippen LogP) is 2.01. The fourth-order valence-corrected chi connectivity index (χ4v) is 0.394. The zero-order valence-electron chi connectivity index (χ0n) is 6.84. The average molecular weight is 143 g/mol. The molecule has 0 aromatic carbocycles. The van der Waals surface area contributed by atoms with Gasteiger partial charge in [-0.1, -0.05) is 0 Å². The molecule has 1 amide bonds. The van der Waals surface area contributed by atoms with Gasteiger partial charge in [0.2, 0.25) is 0 Å². The summed E-state index contributed by atoms with van der Waals surface area (Å²) >= 11 is 0. The highest BCUT2D eigenvalue weighted by Gasteiger charge is 2.14. The number of hydrogen-bond acceptors (Lipinski definition) is 2. The van der Waals surface area contributed by atoms with Crippen LogP contribution in [0.4, 0.5) is 4.79 Å². The van der Waals surface area contributed by atoms with Crippen molar-refractivity contribution in [3.63, 3.8) is 0 Å². The van der Waals surface area contributed by atoms with Gasteiger partial charge in [-0.05, 0) is 27.7 Å². The van der Waals surface area contributed by atoms with Crippen LogP contribution in [0.15, 0.2) is 4.99 Å². The topological polar surface area (TPSA) is 38.7 Å². The fourth-order valence-electron chi connectivity index (χ4n) is 0.394. The van der Waals surface area contributed by atoms with E-state index >= 15 is 0 Å². The highest BCUT2D eigenvalue weighted by molar-refractivity contribution is 5.78. The Bertz CT molecular complexity index is 144. The molecule has 0 spiro atoms. The van der Waals surface area contributed by atoms with Gasteiger partial charge in [0.25, 0.3) is 0 Å². The Morgan fingerprint density at radius 3 is 2.30 bits per heavy atom. The molecule has 0 radical (unpaired) electrons. The van der Waals surface area contributed by atoms with Gasteiger partial charge >= 0.3 is 6.09 Å². The van der Waals surface area contributed by atoms with Crippen LogP contribution in [-0.4, -0.2) is 17.9 Å². The number of carbonyl (C=O) groups is 1. The number of aliphatic imine (C=N–C) groups is 1. The van der Waals surface area contributed by atoms with Crippen molar-refractivity contribution in [1.29, 1.82) is 0 Å². The highest BCUT2D eigenvalue weighted by Crippen LogP contribution is 2.07. The first-order valence-electron chi connectivity index (χ1n) is 3.17. The standard InChI is InChI=1S/C7H13NO2/c1-5-8-6(9)10-7(2,3)4/h5H,1-4H3/b8-5+. The Morgan fingerprint density at radius 1 is 1.50 bits per heavy atom. The molecular weight excluding hydrogens is 130 g/mol. The minimum absolute atomic E-state index is 0.441. The molecule has 3 nitrogen and oxygen atoms in total. The van der Waals surface area contributed by atoms with E-state index in [1.165, 1.54) is 6.21 Å². The summed E-state index contributed by atoms with van der Waals surface area (Å²) < 4.78 is 4.84. The molecule has 0 aliphatic carbocycles. The normalized spacial score (nSPS) is 12.0. The van der Waals surface area contributed by atoms with Crippen LogP contribution in [0.5, 0.6) is 0 Å².